The molecule has 1 fully saturated rings. The number of anilines is 2. The number of rotatable bonds is 4. The molecular weight excluding hydrogens is 278 g/mol. The number of nitrogens with zero attached hydrogens (tertiary/aromatic N) is 3. The van der Waals surface area contributed by atoms with E-state index >= 15 is 0 Å². The van der Waals surface area contributed by atoms with Crippen molar-refractivity contribution in [3.8, 4) is 0 Å². The maximum atomic E-state index is 5.32. The Morgan fingerprint density at radius 2 is 2.20 bits per heavy atom. The molecular formula is C12H15N5O2S. The average Bonchev–Trinajstić information content (AvgIpc) is 2.92. The van der Waals surface area contributed by atoms with E-state index in [0.717, 1.165) is 37.8 Å². The Balaban J connectivity index is 1.59. The molecule has 0 spiro atoms. The number of aromatic nitrogens is 3. The molecule has 7 nitrogen and oxygen atoms in total. The van der Waals surface area contributed by atoms with E-state index in [-0.39, 0.29) is 4.84 Å². The fourth-order valence-corrected chi connectivity index (χ4v) is 2.13. The van der Waals surface area contributed by atoms with Crippen LogP contribution in [-0.4, -0.2) is 41.5 Å². The van der Waals surface area contributed by atoms with E-state index in [1.54, 1.807) is 6.20 Å². The van der Waals surface area contributed by atoms with Crippen molar-refractivity contribution >= 4 is 23.7 Å². The highest BCUT2D eigenvalue weighted by Crippen LogP contribution is 2.15. The summed E-state index contributed by atoms with van der Waals surface area (Å²) >= 11 is 4.81. The zero-order chi connectivity index (χ0) is 13.8. The van der Waals surface area contributed by atoms with E-state index in [2.05, 4.69) is 25.4 Å². The molecule has 0 amide bonds. The zero-order valence-electron chi connectivity index (χ0n) is 10.8. The van der Waals surface area contributed by atoms with E-state index in [4.69, 9.17) is 21.4 Å². The number of aromatic amines is 1. The number of pyridine rings is 1. The molecule has 106 valence electrons. The van der Waals surface area contributed by atoms with Gasteiger partial charge in [-0.25, -0.2) is 10.1 Å². The van der Waals surface area contributed by atoms with Crippen LogP contribution < -0.4 is 10.2 Å². The molecule has 0 aromatic carbocycles. The van der Waals surface area contributed by atoms with Gasteiger partial charge in [-0.1, -0.05) is 0 Å². The summed E-state index contributed by atoms with van der Waals surface area (Å²) in [4.78, 5) is 6.94. The Labute approximate surface area is 121 Å². The molecule has 1 aliphatic rings. The monoisotopic (exact) mass is 293 g/mol. The van der Waals surface area contributed by atoms with Crippen molar-refractivity contribution in [1.82, 2.24) is 15.2 Å². The van der Waals surface area contributed by atoms with Crippen molar-refractivity contribution in [2.45, 2.75) is 6.54 Å². The fourth-order valence-electron chi connectivity index (χ4n) is 1.98. The number of hydrogen-bond acceptors (Lipinski definition) is 7. The van der Waals surface area contributed by atoms with Crippen molar-refractivity contribution in [3.05, 3.63) is 29.1 Å². The molecule has 0 aliphatic carbocycles. The minimum atomic E-state index is 0.280. The third-order valence-electron chi connectivity index (χ3n) is 3.01. The van der Waals surface area contributed by atoms with Crippen molar-refractivity contribution in [2.75, 3.05) is 36.5 Å². The highest BCUT2D eigenvalue weighted by molar-refractivity contribution is 7.71. The first-order chi connectivity index (χ1) is 9.81. The molecule has 1 aliphatic heterocycles. The predicted molar refractivity (Wildman–Crippen MR) is 76.3 cm³/mol. The normalized spacial score (nSPS) is 15.3. The number of ether oxygens (including phenoxy) is 1. The predicted octanol–water partition coefficient (Wildman–Crippen LogP) is 1.58. The zero-order valence-corrected chi connectivity index (χ0v) is 11.7. The quantitative estimate of drug-likeness (QED) is 0.828. The molecule has 20 heavy (non-hydrogen) atoms. The Hall–Kier alpha value is -1.93. The highest BCUT2D eigenvalue weighted by Gasteiger charge is 2.11. The van der Waals surface area contributed by atoms with Gasteiger partial charge < -0.3 is 19.4 Å². The molecule has 2 aromatic rings. The lowest BCUT2D eigenvalue weighted by Gasteiger charge is -2.27. The highest BCUT2D eigenvalue weighted by atomic mass is 32.1. The minimum absolute atomic E-state index is 0.280. The molecule has 1 saturated heterocycles. The Kier molecular flexibility index (Phi) is 3.93. The van der Waals surface area contributed by atoms with Gasteiger partial charge in [0.1, 0.15) is 5.82 Å². The third-order valence-corrected chi connectivity index (χ3v) is 3.18. The standard InChI is InChI=1S/C12H15N5O2S/c20-12-16-15-11(19-12)8-13-9-1-2-10(14-7-9)17-3-5-18-6-4-17/h1-2,7,13H,3-6,8H2,(H,16,20). The van der Waals surface area contributed by atoms with Gasteiger partial charge in [-0.2, -0.15) is 0 Å². The van der Waals surface area contributed by atoms with E-state index in [1.165, 1.54) is 0 Å². The van der Waals surface area contributed by atoms with Crippen LogP contribution >= 0.6 is 12.2 Å². The van der Waals surface area contributed by atoms with Crippen molar-refractivity contribution in [1.29, 1.82) is 0 Å². The third kappa shape index (κ3) is 3.14. The average molecular weight is 293 g/mol. The first-order valence-electron chi connectivity index (χ1n) is 6.38. The van der Waals surface area contributed by atoms with Crippen LogP contribution in [0.1, 0.15) is 5.89 Å². The number of morpholine rings is 1. The summed E-state index contributed by atoms with van der Waals surface area (Å²) in [5, 5.41) is 9.68. The van der Waals surface area contributed by atoms with Gasteiger partial charge in [0.25, 0.3) is 4.84 Å². The maximum Gasteiger partial charge on any atom is 0.284 e. The topological polar surface area (TPSA) is 79.2 Å². The summed E-state index contributed by atoms with van der Waals surface area (Å²) in [5.74, 6) is 1.49. The molecule has 0 unspecified atom stereocenters. The van der Waals surface area contributed by atoms with E-state index < -0.39 is 0 Å². The first kappa shape index (κ1) is 13.1. The minimum Gasteiger partial charge on any atom is -0.412 e. The van der Waals surface area contributed by atoms with Crippen LogP contribution in [0.4, 0.5) is 11.5 Å². The van der Waals surface area contributed by atoms with Crippen LogP contribution in [0.2, 0.25) is 0 Å². The van der Waals surface area contributed by atoms with E-state index in [0.29, 0.717) is 12.4 Å². The van der Waals surface area contributed by atoms with Gasteiger partial charge in [0.15, 0.2) is 0 Å². The second kappa shape index (κ2) is 6.02. The largest absolute Gasteiger partial charge is 0.412 e. The van der Waals surface area contributed by atoms with Crippen LogP contribution in [0.25, 0.3) is 0 Å². The van der Waals surface area contributed by atoms with Gasteiger partial charge in [-0.15, -0.1) is 5.10 Å². The number of nitrogens with one attached hydrogen (secondary N) is 2. The van der Waals surface area contributed by atoms with Gasteiger partial charge >= 0.3 is 0 Å². The Morgan fingerprint density at radius 1 is 1.35 bits per heavy atom. The molecule has 0 saturated carbocycles. The molecule has 2 aromatic heterocycles. The van der Waals surface area contributed by atoms with Crippen molar-refractivity contribution < 1.29 is 9.15 Å². The van der Waals surface area contributed by atoms with E-state index in [9.17, 15) is 0 Å². The summed E-state index contributed by atoms with van der Waals surface area (Å²) in [7, 11) is 0. The molecule has 8 heteroatoms. The molecule has 0 radical (unpaired) electrons. The summed E-state index contributed by atoms with van der Waals surface area (Å²) < 4.78 is 10.5. The molecule has 2 N–H and O–H groups in total. The van der Waals surface area contributed by atoms with E-state index in [1.807, 2.05) is 12.1 Å². The molecule has 3 rings (SSSR count). The van der Waals surface area contributed by atoms with Crippen LogP contribution in [0, 0.1) is 4.84 Å². The summed E-state index contributed by atoms with van der Waals surface area (Å²) in [6.45, 7) is 3.74. The van der Waals surface area contributed by atoms with Gasteiger partial charge in [0.05, 0.1) is 31.6 Å². The summed E-state index contributed by atoms with van der Waals surface area (Å²) in [6.07, 6.45) is 1.80. The summed E-state index contributed by atoms with van der Waals surface area (Å²) in [6, 6.07) is 3.98. The van der Waals surface area contributed by atoms with Gasteiger partial charge in [0.2, 0.25) is 5.89 Å². The fraction of sp³-hybridized carbons (Fsp3) is 0.417. The van der Waals surface area contributed by atoms with Crippen LogP contribution in [0.3, 0.4) is 0 Å². The lowest BCUT2D eigenvalue weighted by atomic mass is 10.3. The first-order valence-corrected chi connectivity index (χ1v) is 6.79. The van der Waals surface area contributed by atoms with Crippen molar-refractivity contribution in [2.24, 2.45) is 0 Å². The number of H-pyrrole nitrogens is 1. The van der Waals surface area contributed by atoms with Gasteiger partial charge in [0, 0.05) is 13.1 Å². The summed E-state index contributed by atoms with van der Waals surface area (Å²) in [5.41, 5.74) is 0.908. The Morgan fingerprint density at radius 3 is 2.85 bits per heavy atom. The van der Waals surface area contributed by atoms with Crippen LogP contribution in [0.5, 0.6) is 0 Å². The second-order valence-electron chi connectivity index (χ2n) is 4.36. The molecule has 0 atom stereocenters. The second-order valence-corrected chi connectivity index (χ2v) is 4.74. The van der Waals surface area contributed by atoms with Gasteiger partial charge in [-0.3, -0.25) is 0 Å². The lowest BCUT2D eigenvalue weighted by molar-refractivity contribution is 0.122. The van der Waals surface area contributed by atoms with Crippen LogP contribution in [0.15, 0.2) is 22.7 Å². The number of hydrogen-bond donors (Lipinski definition) is 2. The van der Waals surface area contributed by atoms with Crippen LogP contribution in [-0.2, 0) is 11.3 Å². The van der Waals surface area contributed by atoms with Gasteiger partial charge in [-0.05, 0) is 24.4 Å². The molecule has 3 heterocycles. The van der Waals surface area contributed by atoms with Crippen molar-refractivity contribution in [3.63, 3.8) is 0 Å². The smallest absolute Gasteiger partial charge is 0.284 e. The SMILES string of the molecule is S=c1[nH]nc(CNc2ccc(N3CCOCC3)nc2)o1. The Bertz CT molecular complexity index is 603. The maximum absolute atomic E-state index is 5.32. The lowest BCUT2D eigenvalue weighted by Crippen LogP contribution is -2.36. The molecule has 0 bridgehead atoms.